The van der Waals surface area contributed by atoms with Gasteiger partial charge in [0, 0.05) is 23.2 Å². The molecule has 2 fully saturated rings. The maximum Gasteiger partial charge on any atom is 0.0273 e. The van der Waals surface area contributed by atoms with Crippen molar-refractivity contribution in [2.45, 2.75) is 62.2 Å². The molecule has 4 aliphatic rings. The molecule has 0 unspecified atom stereocenters. The van der Waals surface area contributed by atoms with Crippen LogP contribution in [0.25, 0.3) is 88.3 Å². The Kier molecular flexibility index (Phi) is 7.41. The predicted octanol–water partition coefficient (Wildman–Crippen LogP) is 15.7. The fourth-order valence-corrected chi connectivity index (χ4v) is 12.6. The molecule has 1 heterocycles. The molecule has 0 N–H and O–H groups in total. The number of benzene rings is 8. The first-order chi connectivity index (χ1) is 29.7. The van der Waals surface area contributed by atoms with Crippen LogP contribution >= 0.6 is 0 Å². The van der Waals surface area contributed by atoms with E-state index in [1.54, 1.807) is 0 Å². The van der Waals surface area contributed by atoms with E-state index in [0.29, 0.717) is 0 Å². The molecule has 0 saturated heterocycles. The van der Waals surface area contributed by atoms with E-state index >= 15 is 0 Å². The molecule has 1 nitrogen and oxygen atoms in total. The molecular formula is C59H45N. The van der Waals surface area contributed by atoms with Crippen molar-refractivity contribution in [3.8, 4) is 66.8 Å². The van der Waals surface area contributed by atoms with Crippen molar-refractivity contribution < 1.29 is 0 Å². The largest absolute Gasteiger partial charge is 0.265 e. The van der Waals surface area contributed by atoms with Crippen molar-refractivity contribution in [3.05, 3.63) is 198 Å². The maximum atomic E-state index is 4.24. The van der Waals surface area contributed by atoms with E-state index in [1.807, 2.05) is 12.4 Å². The van der Waals surface area contributed by atoms with Crippen LogP contribution in [-0.2, 0) is 10.8 Å². The minimum Gasteiger partial charge on any atom is -0.265 e. The summed E-state index contributed by atoms with van der Waals surface area (Å²) in [6.07, 6.45) is 13.8. The van der Waals surface area contributed by atoms with E-state index in [-0.39, 0.29) is 10.8 Å². The maximum absolute atomic E-state index is 4.24. The molecule has 8 aromatic carbocycles. The Morgan fingerprint density at radius 2 is 0.700 bits per heavy atom. The standard InChI is InChI=1S/C59H45N/c1-2-14-49-48(13-1)56(42-22-24-46-44-11-3-5-15-52(44)58(54(46)36-42)29-7-8-30-58)50-26-21-41(39-19-17-38(18-20-39)40-27-33-60-34-28-40)35-51(50)57(49)43-23-25-47-45-12-4-6-16-53(45)59(55(47)37-43)31-9-10-32-59/h1-6,11-28,33-37H,7-10,29-32H2. The first-order valence-corrected chi connectivity index (χ1v) is 22.2. The van der Waals surface area contributed by atoms with Crippen LogP contribution in [0.15, 0.2) is 176 Å². The lowest BCUT2D eigenvalue weighted by molar-refractivity contribution is 0.550. The first kappa shape index (κ1) is 34.3. The molecule has 1 heteroatoms. The van der Waals surface area contributed by atoms with Crippen molar-refractivity contribution >= 4 is 21.5 Å². The number of pyridine rings is 1. The molecule has 60 heavy (non-hydrogen) atoms. The Hall–Kier alpha value is -6.57. The Morgan fingerprint density at radius 3 is 1.25 bits per heavy atom. The fraction of sp³-hybridized carbons (Fsp3) is 0.169. The molecule has 2 spiro atoms. The van der Waals surface area contributed by atoms with E-state index in [1.165, 1.54) is 162 Å². The Bertz CT molecular complexity index is 3190. The van der Waals surface area contributed by atoms with Crippen LogP contribution in [-0.4, -0.2) is 4.98 Å². The van der Waals surface area contributed by atoms with Gasteiger partial charge in [0.2, 0.25) is 0 Å². The van der Waals surface area contributed by atoms with Crippen LogP contribution in [0, 0.1) is 0 Å². The summed E-state index contributed by atoms with van der Waals surface area (Å²) in [4.78, 5) is 4.24. The zero-order valence-corrected chi connectivity index (χ0v) is 33.8. The summed E-state index contributed by atoms with van der Waals surface area (Å²) in [6.45, 7) is 0. The van der Waals surface area contributed by atoms with Gasteiger partial charge in [-0.2, -0.15) is 0 Å². The summed E-state index contributed by atoms with van der Waals surface area (Å²) >= 11 is 0. The van der Waals surface area contributed by atoms with Crippen LogP contribution in [0.3, 0.4) is 0 Å². The minimum absolute atomic E-state index is 0.105. The van der Waals surface area contributed by atoms with Crippen LogP contribution in [0.1, 0.15) is 73.6 Å². The van der Waals surface area contributed by atoms with E-state index in [4.69, 9.17) is 0 Å². The zero-order valence-electron chi connectivity index (χ0n) is 33.8. The zero-order chi connectivity index (χ0) is 39.4. The van der Waals surface area contributed by atoms with Gasteiger partial charge in [-0.3, -0.25) is 4.98 Å². The highest BCUT2D eigenvalue weighted by molar-refractivity contribution is 6.22. The summed E-state index contributed by atoms with van der Waals surface area (Å²) in [7, 11) is 0. The highest BCUT2D eigenvalue weighted by Gasteiger charge is 2.46. The summed E-state index contributed by atoms with van der Waals surface area (Å²) in [5.74, 6) is 0. The average Bonchev–Trinajstić information content (AvgIpc) is 4.12. The van der Waals surface area contributed by atoms with E-state index in [9.17, 15) is 0 Å². The number of fused-ring (bicyclic) bond motifs is 12. The topological polar surface area (TPSA) is 12.9 Å². The molecule has 2 saturated carbocycles. The van der Waals surface area contributed by atoms with Gasteiger partial charge in [0.15, 0.2) is 0 Å². The van der Waals surface area contributed by atoms with Gasteiger partial charge in [-0.15, -0.1) is 0 Å². The van der Waals surface area contributed by atoms with Gasteiger partial charge < -0.3 is 0 Å². The molecule has 4 aliphatic carbocycles. The monoisotopic (exact) mass is 767 g/mol. The lowest BCUT2D eigenvalue weighted by Crippen LogP contribution is -2.20. The van der Waals surface area contributed by atoms with Crippen molar-refractivity contribution in [1.29, 1.82) is 0 Å². The fourth-order valence-electron chi connectivity index (χ4n) is 12.6. The molecule has 9 aromatic rings. The molecule has 0 amide bonds. The average molecular weight is 768 g/mol. The molecule has 0 bridgehead atoms. The molecule has 1 aromatic heterocycles. The van der Waals surface area contributed by atoms with E-state index < -0.39 is 0 Å². The Labute approximate surface area is 352 Å². The second-order valence-corrected chi connectivity index (χ2v) is 18.1. The normalized spacial score (nSPS) is 16.4. The van der Waals surface area contributed by atoms with Gasteiger partial charge in [-0.1, -0.05) is 159 Å². The quantitative estimate of drug-likeness (QED) is 0.163. The van der Waals surface area contributed by atoms with Crippen LogP contribution in [0.4, 0.5) is 0 Å². The van der Waals surface area contributed by atoms with Gasteiger partial charge >= 0.3 is 0 Å². The van der Waals surface area contributed by atoms with Gasteiger partial charge in [0.25, 0.3) is 0 Å². The highest BCUT2D eigenvalue weighted by Crippen LogP contribution is 2.60. The minimum atomic E-state index is 0.105. The lowest BCUT2D eigenvalue weighted by atomic mass is 9.75. The smallest absolute Gasteiger partial charge is 0.0273 e. The van der Waals surface area contributed by atoms with E-state index in [2.05, 4.69) is 169 Å². The summed E-state index contributed by atoms with van der Waals surface area (Å²) in [6, 6.07) is 63.2. The Balaban J connectivity index is 1.06. The third-order valence-corrected chi connectivity index (χ3v) is 15.3. The lowest BCUT2D eigenvalue weighted by Gasteiger charge is -2.28. The van der Waals surface area contributed by atoms with Crippen molar-refractivity contribution in [1.82, 2.24) is 4.98 Å². The van der Waals surface area contributed by atoms with Gasteiger partial charge in [0.1, 0.15) is 0 Å². The van der Waals surface area contributed by atoms with Crippen molar-refractivity contribution in [2.24, 2.45) is 0 Å². The van der Waals surface area contributed by atoms with Gasteiger partial charge in [-0.05, 0) is 167 Å². The van der Waals surface area contributed by atoms with Crippen molar-refractivity contribution in [2.75, 3.05) is 0 Å². The SMILES string of the molecule is c1ccc2c(c1)-c1ccc(-c3c4ccccc4c(-c4ccc5c(c4)C4(CCCC4)c4ccccc4-5)c4cc(-c5ccc(-c6ccncc6)cc5)ccc34)cc1C21CCCC1. The third-order valence-electron chi connectivity index (χ3n) is 15.3. The number of hydrogen-bond acceptors (Lipinski definition) is 1. The highest BCUT2D eigenvalue weighted by atomic mass is 14.6. The molecule has 13 rings (SSSR count). The number of rotatable bonds is 4. The van der Waals surface area contributed by atoms with Crippen LogP contribution in [0.2, 0.25) is 0 Å². The molecule has 0 radical (unpaired) electrons. The van der Waals surface area contributed by atoms with Crippen LogP contribution < -0.4 is 0 Å². The number of nitrogens with zero attached hydrogens (tertiary/aromatic N) is 1. The Morgan fingerprint density at radius 1 is 0.300 bits per heavy atom. The molecule has 0 aliphatic heterocycles. The number of aromatic nitrogens is 1. The molecule has 0 atom stereocenters. The first-order valence-electron chi connectivity index (χ1n) is 22.2. The third kappa shape index (κ3) is 4.78. The second kappa shape index (κ2) is 13.0. The van der Waals surface area contributed by atoms with Crippen LogP contribution in [0.5, 0.6) is 0 Å². The van der Waals surface area contributed by atoms with Gasteiger partial charge in [-0.25, -0.2) is 0 Å². The predicted molar refractivity (Wildman–Crippen MR) is 250 cm³/mol. The number of hydrogen-bond donors (Lipinski definition) is 0. The second-order valence-electron chi connectivity index (χ2n) is 18.1. The van der Waals surface area contributed by atoms with E-state index in [0.717, 1.165) is 0 Å². The summed E-state index contributed by atoms with van der Waals surface area (Å²) in [5.41, 5.74) is 22.3. The van der Waals surface area contributed by atoms with Crippen molar-refractivity contribution in [3.63, 3.8) is 0 Å². The summed E-state index contributed by atoms with van der Waals surface area (Å²) < 4.78 is 0. The molecular weight excluding hydrogens is 723 g/mol. The summed E-state index contributed by atoms with van der Waals surface area (Å²) in [5, 5.41) is 5.27. The van der Waals surface area contributed by atoms with Gasteiger partial charge in [0.05, 0.1) is 0 Å². The molecule has 286 valence electrons.